The highest BCUT2D eigenvalue weighted by Crippen LogP contribution is 2.24. The number of hydrogen-bond acceptors (Lipinski definition) is 3. The van der Waals surface area contributed by atoms with Crippen molar-refractivity contribution in [1.29, 1.82) is 0 Å². The molecular weight excluding hydrogens is 417 g/mol. The van der Waals surface area contributed by atoms with Crippen LogP contribution in [0.3, 0.4) is 0 Å². The topological polar surface area (TPSA) is 55.4 Å². The minimum Gasteiger partial charge on any atom is -0.448 e. The first kappa shape index (κ1) is 17.0. The Hall–Kier alpha value is -1.89. The van der Waals surface area contributed by atoms with E-state index in [4.69, 9.17) is 4.74 Å². The predicted molar refractivity (Wildman–Crippen MR) is 101 cm³/mol. The van der Waals surface area contributed by atoms with Gasteiger partial charge in [0.2, 0.25) is 0 Å². The molecule has 1 atom stereocenters. The van der Waals surface area contributed by atoms with Crippen LogP contribution in [-0.2, 0) is 22.4 Å². The minimum atomic E-state index is -0.796. The maximum atomic E-state index is 12.5. The first-order chi connectivity index (χ1) is 11.5. The Morgan fingerprint density at radius 3 is 2.79 bits per heavy atom. The van der Waals surface area contributed by atoms with Crippen LogP contribution in [0.4, 0.5) is 5.69 Å². The van der Waals surface area contributed by atoms with Crippen LogP contribution < -0.4 is 5.32 Å². The van der Waals surface area contributed by atoms with E-state index in [0.717, 1.165) is 32.4 Å². The quantitative estimate of drug-likeness (QED) is 0.588. The van der Waals surface area contributed by atoms with Crippen molar-refractivity contribution in [1.82, 2.24) is 0 Å². The summed E-state index contributed by atoms with van der Waals surface area (Å²) in [5, 5.41) is 2.87. The number of anilines is 1. The van der Waals surface area contributed by atoms with Gasteiger partial charge in [-0.25, -0.2) is 4.79 Å². The van der Waals surface area contributed by atoms with Gasteiger partial charge in [0, 0.05) is 15.7 Å². The van der Waals surface area contributed by atoms with E-state index >= 15 is 0 Å². The number of aryl methyl sites for hydroxylation is 2. The van der Waals surface area contributed by atoms with Crippen LogP contribution in [0.15, 0.2) is 36.4 Å². The van der Waals surface area contributed by atoms with Crippen LogP contribution in [0.25, 0.3) is 0 Å². The summed E-state index contributed by atoms with van der Waals surface area (Å²) in [6, 6.07) is 11.5. The third-order valence-electron chi connectivity index (χ3n) is 4.19. The highest BCUT2D eigenvalue weighted by Gasteiger charge is 2.31. The van der Waals surface area contributed by atoms with Gasteiger partial charge in [0.1, 0.15) is 0 Å². The molecule has 0 aliphatic carbocycles. The Morgan fingerprint density at radius 1 is 1.29 bits per heavy atom. The van der Waals surface area contributed by atoms with Crippen LogP contribution in [0.5, 0.6) is 0 Å². The molecule has 1 aliphatic rings. The summed E-state index contributed by atoms with van der Waals surface area (Å²) in [5.74, 6) is -0.724. The Labute approximate surface area is 154 Å². The average molecular weight is 435 g/mol. The molecule has 0 spiro atoms. The molecule has 1 unspecified atom stereocenters. The summed E-state index contributed by atoms with van der Waals surface area (Å²) in [7, 11) is 0. The highest BCUT2D eigenvalue weighted by atomic mass is 127. The Bertz CT molecular complexity index is 816. The van der Waals surface area contributed by atoms with Crippen LogP contribution in [0, 0.1) is 10.5 Å². The highest BCUT2D eigenvalue weighted by molar-refractivity contribution is 14.1. The molecule has 2 aromatic carbocycles. The second-order valence-corrected chi connectivity index (χ2v) is 7.14. The number of rotatable bonds is 3. The third-order valence-corrected chi connectivity index (χ3v) is 4.86. The van der Waals surface area contributed by atoms with Gasteiger partial charge in [0.05, 0.1) is 5.56 Å². The fraction of sp³-hybridized carbons (Fsp3) is 0.263. The zero-order valence-electron chi connectivity index (χ0n) is 13.6. The van der Waals surface area contributed by atoms with E-state index in [-0.39, 0.29) is 5.91 Å². The Morgan fingerprint density at radius 2 is 2.08 bits per heavy atom. The van der Waals surface area contributed by atoms with Crippen molar-refractivity contribution < 1.29 is 14.3 Å². The molecule has 0 saturated carbocycles. The number of carbonyl (C=O) groups excluding carboxylic acids is 2. The van der Waals surface area contributed by atoms with Crippen molar-refractivity contribution in [2.24, 2.45) is 0 Å². The molecule has 0 aromatic heterocycles. The van der Waals surface area contributed by atoms with Gasteiger partial charge < -0.3 is 10.1 Å². The van der Waals surface area contributed by atoms with Crippen molar-refractivity contribution >= 4 is 40.2 Å². The third kappa shape index (κ3) is 3.45. The first-order valence-electron chi connectivity index (χ1n) is 7.87. The summed E-state index contributed by atoms with van der Waals surface area (Å²) < 4.78 is 6.44. The van der Waals surface area contributed by atoms with Gasteiger partial charge >= 0.3 is 5.97 Å². The number of benzene rings is 2. The molecule has 24 heavy (non-hydrogen) atoms. The van der Waals surface area contributed by atoms with Crippen LogP contribution in [0.2, 0.25) is 0 Å². The van der Waals surface area contributed by atoms with Crippen molar-refractivity contribution in [3.63, 3.8) is 0 Å². The van der Waals surface area contributed by atoms with Crippen LogP contribution in [0.1, 0.15) is 34.0 Å². The SMILES string of the molecule is CCc1ccc2c(c1)CC(C(=O)Nc1ccc(I)cc1C)OC2=O. The number of cyclic esters (lactones) is 1. The van der Waals surface area contributed by atoms with Gasteiger partial charge in [-0.1, -0.05) is 19.1 Å². The zero-order chi connectivity index (χ0) is 17.3. The largest absolute Gasteiger partial charge is 0.448 e. The number of nitrogens with one attached hydrogen (secondary N) is 1. The summed E-state index contributed by atoms with van der Waals surface area (Å²) in [6.07, 6.45) is 0.501. The number of esters is 1. The molecule has 4 nitrogen and oxygen atoms in total. The Balaban J connectivity index is 1.80. The molecule has 3 rings (SSSR count). The molecular formula is C19H18INO3. The lowest BCUT2D eigenvalue weighted by Crippen LogP contribution is -2.38. The molecule has 0 saturated heterocycles. The maximum Gasteiger partial charge on any atom is 0.339 e. The normalized spacial score (nSPS) is 16.3. The summed E-state index contributed by atoms with van der Waals surface area (Å²) in [5.41, 5.74) is 4.30. The van der Waals surface area contributed by atoms with Crippen molar-refractivity contribution in [2.45, 2.75) is 32.8 Å². The molecule has 0 radical (unpaired) electrons. The van der Waals surface area contributed by atoms with Crippen molar-refractivity contribution in [3.05, 3.63) is 62.2 Å². The van der Waals surface area contributed by atoms with E-state index in [1.54, 1.807) is 6.07 Å². The van der Waals surface area contributed by atoms with E-state index in [1.165, 1.54) is 0 Å². The number of fused-ring (bicyclic) bond motifs is 1. The minimum absolute atomic E-state index is 0.291. The molecule has 1 heterocycles. The standard InChI is InChI=1S/C19H18INO3/c1-3-12-4-6-15-13(9-12)10-17(24-19(15)23)18(22)21-16-7-5-14(20)8-11(16)2/h4-9,17H,3,10H2,1-2H3,(H,21,22). The van der Waals surface area contributed by atoms with Crippen LogP contribution in [-0.4, -0.2) is 18.0 Å². The molecule has 1 aliphatic heterocycles. The fourth-order valence-corrected chi connectivity index (χ4v) is 3.44. The van der Waals surface area contributed by atoms with Gasteiger partial charge in [-0.3, -0.25) is 4.79 Å². The molecule has 1 amide bonds. The summed E-state index contributed by atoms with van der Waals surface area (Å²) >= 11 is 2.23. The second kappa shape index (κ2) is 6.93. The number of halogens is 1. The van der Waals surface area contributed by atoms with Gasteiger partial charge in [0.25, 0.3) is 5.91 Å². The molecule has 124 valence electrons. The monoisotopic (exact) mass is 435 g/mol. The van der Waals surface area contributed by atoms with E-state index in [9.17, 15) is 9.59 Å². The number of carbonyl (C=O) groups is 2. The number of hydrogen-bond donors (Lipinski definition) is 1. The van der Waals surface area contributed by atoms with E-state index in [0.29, 0.717) is 12.0 Å². The average Bonchev–Trinajstić information content (AvgIpc) is 2.56. The fourth-order valence-electron chi connectivity index (χ4n) is 2.80. The van der Waals surface area contributed by atoms with Crippen molar-refractivity contribution in [3.8, 4) is 0 Å². The lowest BCUT2D eigenvalue weighted by Gasteiger charge is -2.24. The smallest absolute Gasteiger partial charge is 0.339 e. The molecule has 0 fully saturated rings. The molecule has 1 N–H and O–H groups in total. The summed E-state index contributed by atoms with van der Waals surface area (Å²) in [6.45, 7) is 4.00. The molecule has 5 heteroatoms. The zero-order valence-corrected chi connectivity index (χ0v) is 15.7. The lowest BCUT2D eigenvalue weighted by atomic mass is 9.95. The van der Waals surface area contributed by atoms with E-state index in [1.807, 2.05) is 37.3 Å². The second-order valence-electron chi connectivity index (χ2n) is 5.89. The van der Waals surface area contributed by atoms with E-state index in [2.05, 4.69) is 34.8 Å². The Kier molecular flexibility index (Phi) is 4.89. The predicted octanol–water partition coefficient (Wildman–Crippen LogP) is 3.88. The van der Waals surface area contributed by atoms with Gasteiger partial charge in [0.15, 0.2) is 6.10 Å². The van der Waals surface area contributed by atoms with Gasteiger partial charge in [-0.05, 0) is 76.9 Å². The maximum absolute atomic E-state index is 12.5. The van der Waals surface area contributed by atoms with Gasteiger partial charge in [-0.15, -0.1) is 0 Å². The van der Waals surface area contributed by atoms with Crippen molar-refractivity contribution in [2.75, 3.05) is 5.32 Å². The number of amides is 1. The summed E-state index contributed by atoms with van der Waals surface area (Å²) in [4.78, 5) is 24.7. The molecule has 0 bridgehead atoms. The van der Waals surface area contributed by atoms with Crippen LogP contribution >= 0.6 is 22.6 Å². The first-order valence-corrected chi connectivity index (χ1v) is 8.95. The lowest BCUT2D eigenvalue weighted by molar-refractivity contribution is -0.125. The van der Waals surface area contributed by atoms with Gasteiger partial charge in [-0.2, -0.15) is 0 Å². The van der Waals surface area contributed by atoms with E-state index < -0.39 is 12.1 Å². The number of ether oxygens (including phenoxy) is 1. The molecule has 2 aromatic rings.